The van der Waals surface area contributed by atoms with Gasteiger partial charge in [0.05, 0.1) is 0 Å². The predicted molar refractivity (Wildman–Crippen MR) is 82.2 cm³/mol. The zero-order valence-electron chi connectivity index (χ0n) is 12.7. The topological polar surface area (TPSA) is 38.0 Å². The van der Waals surface area contributed by atoms with Gasteiger partial charge in [0, 0.05) is 12.6 Å². The average Bonchev–Trinajstić information content (AvgIpc) is 3.06. The Hall–Kier alpha value is -0.860. The first kappa shape index (κ1) is 14.5. The third-order valence-corrected chi connectivity index (χ3v) is 4.32. The zero-order chi connectivity index (χ0) is 14.0. The second kappa shape index (κ2) is 5.64. The molecule has 1 saturated carbocycles. The van der Waals surface area contributed by atoms with Crippen molar-refractivity contribution in [1.82, 2.24) is 5.32 Å². The molecule has 3 N–H and O–H groups in total. The van der Waals surface area contributed by atoms with E-state index in [4.69, 9.17) is 5.73 Å². The summed E-state index contributed by atoms with van der Waals surface area (Å²) in [5.74, 6) is 1.76. The molecule has 2 heteroatoms. The van der Waals surface area contributed by atoms with Crippen LogP contribution in [0.2, 0.25) is 0 Å². The van der Waals surface area contributed by atoms with Crippen LogP contribution in [-0.2, 0) is 5.41 Å². The second-order valence-corrected chi connectivity index (χ2v) is 7.04. The van der Waals surface area contributed by atoms with Crippen LogP contribution in [-0.4, -0.2) is 13.1 Å². The van der Waals surface area contributed by atoms with Crippen molar-refractivity contribution in [3.05, 3.63) is 35.4 Å². The Kier molecular flexibility index (Phi) is 4.32. The first-order chi connectivity index (χ1) is 8.91. The van der Waals surface area contributed by atoms with Gasteiger partial charge < -0.3 is 11.1 Å². The van der Waals surface area contributed by atoms with Gasteiger partial charge in [0.25, 0.3) is 0 Å². The van der Waals surface area contributed by atoms with Crippen LogP contribution in [0.5, 0.6) is 0 Å². The number of hydrogen-bond acceptors (Lipinski definition) is 2. The minimum atomic E-state index is 0.216. The van der Waals surface area contributed by atoms with Gasteiger partial charge in [0.1, 0.15) is 0 Å². The van der Waals surface area contributed by atoms with Gasteiger partial charge in [-0.1, -0.05) is 52.0 Å². The van der Waals surface area contributed by atoms with Crippen molar-refractivity contribution in [3.8, 4) is 0 Å². The van der Waals surface area contributed by atoms with Crippen LogP contribution < -0.4 is 11.1 Å². The molecule has 0 spiro atoms. The Morgan fingerprint density at radius 1 is 1.26 bits per heavy atom. The highest BCUT2D eigenvalue weighted by Gasteiger charge is 2.32. The molecule has 1 aromatic carbocycles. The molecule has 3 unspecified atom stereocenters. The fourth-order valence-electron chi connectivity index (χ4n) is 2.53. The van der Waals surface area contributed by atoms with E-state index in [1.165, 1.54) is 17.5 Å². The number of nitrogens with one attached hydrogen (secondary N) is 1. The van der Waals surface area contributed by atoms with Crippen LogP contribution in [0.1, 0.15) is 51.3 Å². The summed E-state index contributed by atoms with van der Waals surface area (Å²) in [5, 5.41) is 3.61. The molecular weight excluding hydrogens is 232 g/mol. The van der Waals surface area contributed by atoms with Crippen molar-refractivity contribution in [2.75, 3.05) is 13.1 Å². The quantitative estimate of drug-likeness (QED) is 0.853. The van der Waals surface area contributed by atoms with Gasteiger partial charge in [-0.25, -0.2) is 0 Å². The van der Waals surface area contributed by atoms with E-state index < -0.39 is 0 Å². The normalized spacial score (nSPS) is 24.3. The van der Waals surface area contributed by atoms with Crippen molar-refractivity contribution in [1.29, 1.82) is 0 Å². The van der Waals surface area contributed by atoms with Gasteiger partial charge in [0.2, 0.25) is 0 Å². The second-order valence-electron chi connectivity index (χ2n) is 7.04. The molecule has 2 nitrogen and oxygen atoms in total. The standard InChI is InChI=1S/C17H28N2/c1-12-9-14(12)11-19-16(10-18)13-5-7-15(8-6-13)17(2,3)4/h5-8,12,14,16,19H,9-11,18H2,1-4H3. The zero-order valence-corrected chi connectivity index (χ0v) is 12.7. The molecule has 1 aromatic rings. The first-order valence-corrected chi connectivity index (χ1v) is 7.45. The van der Waals surface area contributed by atoms with Crippen LogP contribution in [0, 0.1) is 11.8 Å². The van der Waals surface area contributed by atoms with Crippen molar-refractivity contribution in [2.24, 2.45) is 17.6 Å². The maximum absolute atomic E-state index is 5.91. The van der Waals surface area contributed by atoms with Gasteiger partial charge >= 0.3 is 0 Å². The van der Waals surface area contributed by atoms with Crippen molar-refractivity contribution < 1.29 is 0 Å². The summed E-state index contributed by atoms with van der Waals surface area (Å²) in [4.78, 5) is 0. The molecule has 3 atom stereocenters. The van der Waals surface area contributed by atoms with Gasteiger partial charge in [-0.3, -0.25) is 0 Å². The summed E-state index contributed by atoms with van der Waals surface area (Å²) >= 11 is 0. The molecule has 0 aromatic heterocycles. The van der Waals surface area contributed by atoms with Crippen LogP contribution in [0.25, 0.3) is 0 Å². The summed E-state index contributed by atoms with van der Waals surface area (Å²) in [6.45, 7) is 10.8. The highest BCUT2D eigenvalue weighted by Crippen LogP contribution is 2.37. The number of benzene rings is 1. The van der Waals surface area contributed by atoms with Gasteiger partial charge in [0.15, 0.2) is 0 Å². The molecule has 0 saturated heterocycles. The van der Waals surface area contributed by atoms with Crippen molar-refractivity contribution in [3.63, 3.8) is 0 Å². The van der Waals surface area contributed by atoms with Crippen molar-refractivity contribution >= 4 is 0 Å². The summed E-state index contributed by atoms with van der Waals surface area (Å²) < 4.78 is 0. The maximum atomic E-state index is 5.91. The number of hydrogen-bond donors (Lipinski definition) is 2. The maximum Gasteiger partial charge on any atom is 0.0444 e. The van der Waals surface area contributed by atoms with Gasteiger partial charge in [-0.15, -0.1) is 0 Å². The largest absolute Gasteiger partial charge is 0.329 e. The van der Waals surface area contributed by atoms with E-state index in [1.807, 2.05) is 0 Å². The van der Waals surface area contributed by atoms with E-state index in [0.717, 1.165) is 18.4 Å². The van der Waals surface area contributed by atoms with Crippen LogP contribution in [0.4, 0.5) is 0 Å². The van der Waals surface area contributed by atoms with E-state index >= 15 is 0 Å². The highest BCUT2D eigenvalue weighted by atomic mass is 14.9. The van der Waals surface area contributed by atoms with Gasteiger partial charge in [-0.2, -0.15) is 0 Å². The Bertz CT molecular complexity index is 402. The summed E-state index contributed by atoms with van der Waals surface area (Å²) in [6, 6.07) is 9.21. The van der Waals surface area contributed by atoms with Crippen LogP contribution in [0.15, 0.2) is 24.3 Å². The molecular formula is C17H28N2. The molecule has 0 aliphatic heterocycles. The predicted octanol–water partition coefficient (Wildman–Crippen LogP) is 3.23. The summed E-state index contributed by atoms with van der Waals surface area (Å²) in [5.41, 5.74) is 8.81. The lowest BCUT2D eigenvalue weighted by Gasteiger charge is -2.22. The van der Waals surface area contributed by atoms with E-state index in [-0.39, 0.29) is 5.41 Å². The number of rotatable bonds is 5. The van der Waals surface area contributed by atoms with E-state index in [1.54, 1.807) is 0 Å². The molecule has 1 aliphatic rings. The third-order valence-electron chi connectivity index (χ3n) is 4.32. The highest BCUT2D eigenvalue weighted by molar-refractivity contribution is 5.29. The Labute approximate surface area is 117 Å². The Morgan fingerprint density at radius 3 is 2.26 bits per heavy atom. The molecule has 0 amide bonds. The van der Waals surface area contributed by atoms with Gasteiger partial charge in [-0.05, 0) is 41.3 Å². The summed E-state index contributed by atoms with van der Waals surface area (Å²) in [7, 11) is 0. The SMILES string of the molecule is CC1CC1CNC(CN)c1ccc(C(C)(C)C)cc1. The van der Waals surface area contributed by atoms with Crippen molar-refractivity contribution in [2.45, 2.75) is 45.6 Å². The van der Waals surface area contributed by atoms with E-state index in [0.29, 0.717) is 12.6 Å². The molecule has 0 radical (unpaired) electrons. The third kappa shape index (κ3) is 3.80. The Morgan fingerprint density at radius 2 is 1.84 bits per heavy atom. The molecule has 0 bridgehead atoms. The van der Waals surface area contributed by atoms with Crippen LogP contribution in [0.3, 0.4) is 0 Å². The lowest BCUT2D eigenvalue weighted by atomic mass is 9.86. The number of nitrogens with two attached hydrogens (primary N) is 1. The van der Waals surface area contributed by atoms with Crippen LogP contribution >= 0.6 is 0 Å². The van der Waals surface area contributed by atoms with E-state index in [2.05, 4.69) is 57.3 Å². The Balaban J connectivity index is 1.98. The molecule has 106 valence electrons. The summed E-state index contributed by atoms with van der Waals surface area (Å²) in [6.07, 6.45) is 1.37. The molecule has 1 aliphatic carbocycles. The minimum absolute atomic E-state index is 0.216. The fraction of sp³-hybridized carbons (Fsp3) is 0.647. The molecule has 2 rings (SSSR count). The smallest absolute Gasteiger partial charge is 0.0444 e. The fourth-order valence-corrected chi connectivity index (χ4v) is 2.53. The average molecular weight is 260 g/mol. The monoisotopic (exact) mass is 260 g/mol. The van der Waals surface area contributed by atoms with E-state index in [9.17, 15) is 0 Å². The molecule has 19 heavy (non-hydrogen) atoms. The molecule has 1 fully saturated rings. The lowest BCUT2D eigenvalue weighted by Crippen LogP contribution is -2.30. The molecule has 0 heterocycles. The minimum Gasteiger partial charge on any atom is -0.329 e. The first-order valence-electron chi connectivity index (χ1n) is 7.45. The lowest BCUT2D eigenvalue weighted by molar-refractivity contribution is 0.511.